The third-order valence-electron chi connectivity index (χ3n) is 4.51. The van der Waals surface area contributed by atoms with Crippen molar-refractivity contribution >= 4 is 55.7 Å². The van der Waals surface area contributed by atoms with Crippen molar-refractivity contribution in [2.24, 2.45) is 5.73 Å². The molecule has 1 aromatic heterocycles. The summed E-state index contributed by atoms with van der Waals surface area (Å²) in [6.45, 7) is 5.26. The molecule has 0 aliphatic carbocycles. The van der Waals surface area contributed by atoms with Crippen LogP contribution in [-0.2, 0) is 15.3 Å². The standard InChI is InChI=1S/C22H22BrN3O4S.BrH/c1-4-29-21(28)20-15-9-19(30-13(3)27)16(23)10-17(15)26(18(20)11-31-22(24)25)14-7-5-12(2)6-8-14;/h5-10H,4,11H2,1-3H3,(H3,24,25);1H/p-1. The number of benzene rings is 2. The van der Waals surface area contributed by atoms with Gasteiger partial charge in [-0.3, -0.25) is 10.2 Å². The third-order valence-corrected chi connectivity index (χ3v) is 5.86. The van der Waals surface area contributed by atoms with Gasteiger partial charge in [-0.05, 0) is 54.0 Å². The zero-order valence-electron chi connectivity index (χ0n) is 17.7. The Morgan fingerprint density at radius 3 is 2.44 bits per heavy atom. The van der Waals surface area contributed by atoms with E-state index in [4.69, 9.17) is 20.6 Å². The number of esters is 2. The number of aromatic nitrogens is 1. The lowest BCUT2D eigenvalue weighted by molar-refractivity contribution is -0.131. The van der Waals surface area contributed by atoms with Gasteiger partial charge in [0.05, 0.1) is 22.2 Å². The van der Waals surface area contributed by atoms with Gasteiger partial charge in [-0.15, -0.1) is 0 Å². The molecule has 0 bridgehead atoms. The number of ether oxygens (including phenoxy) is 2. The Labute approximate surface area is 209 Å². The highest BCUT2D eigenvalue weighted by atomic mass is 79.9. The topological polar surface area (TPSA) is 107 Å². The molecule has 1 heterocycles. The van der Waals surface area contributed by atoms with Crippen LogP contribution in [0, 0.1) is 12.3 Å². The zero-order valence-corrected chi connectivity index (χ0v) is 21.7. The van der Waals surface area contributed by atoms with Gasteiger partial charge >= 0.3 is 11.9 Å². The van der Waals surface area contributed by atoms with E-state index in [-0.39, 0.29) is 34.5 Å². The second-order valence-electron chi connectivity index (χ2n) is 6.76. The van der Waals surface area contributed by atoms with E-state index in [1.807, 2.05) is 35.8 Å². The summed E-state index contributed by atoms with van der Waals surface area (Å²) in [5, 5.41) is 8.16. The predicted molar refractivity (Wildman–Crippen MR) is 126 cm³/mol. The molecular weight excluding hydrogens is 562 g/mol. The van der Waals surface area contributed by atoms with Gasteiger partial charge in [0.15, 0.2) is 5.17 Å². The molecule has 0 spiro atoms. The number of carbonyl (C=O) groups is 2. The Morgan fingerprint density at radius 2 is 1.88 bits per heavy atom. The highest BCUT2D eigenvalue weighted by molar-refractivity contribution is 9.10. The molecule has 3 rings (SSSR count). The Hall–Kier alpha value is -2.30. The van der Waals surface area contributed by atoms with Crippen LogP contribution in [0.5, 0.6) is 5.75 Å². The van der Waals surface area contributed by atoms with E-state index in [2.05, 4.69) is 15.9 Å². The molecule has 0 aliphatic rings. The minimum atomic E-state index is -0.492. The minimum Gasteiger partial charge on any atom is -1.00 e. The van der Waals surface area contributed by atoms with Gasteiger partial charge in [-0.1, -0.05) is 29.5 Å². The summed E-state index contributed by atoms with van der Waals surface area (Å²) in [5.74, 6) is -0.374. The molecule has 10 heteroatoms. The van der Waals surface area contributed by atoms with E-state index in [0.717, 1.165) is 28.5 Å². The van der Waals surface area contributed by atoms with Gasteiger partial charge < -0.3 is 36.8 Å². The first-order valence-corrected chi connectivity index (χ1v) is 11.3. The summed E-state index contributed by atoms with van der Waals surface area (Å²) in [7, 11) is 0. The van der Waals surface area contributed by atoms with E-state index < -0.39 is 11.9 Å². The van der Waals surface area contributed by atoms with Crippen molar-refractivity contribution in [2.45, 2.75) is 26.5 Å². The summed E-state index contributed by atoms with van der Waals surface area (Å²) < 4.78 is 13.2. The maximum Gasteiger partial charge on any atom is 0.340 e. The highest BCUT2D eigenvalue weighted by Crippen LogP contribution is 2.38. The van der Waals surface area contributed by atoms with E-state index in [1.54, 1.807) is 19.1 Å². The van der Waals surface area contributed by atoms with Crippen LogP contribution in [-0.4, -0.2) is 28.3 Å². The molecule has 0 saturated heterocycles. The van der Waals surface area contributed by atoms with Gasteiger partial charge in [0.1, 0.15) is 5.75 Å². The van der Waals surface area contributed by atoms with E-state index in [0.29, 0.717) is 26.9 Å². The fourth-order valence-electron chi connectivity index (χ4n) is 3.28. The monoisotopic (exact) mass is 582 g/mol. The lowest BCUT2D eigenvalue weighted by Gasteiger charge is -2.12. The Morgan fingerprint density at radius 1 is 1.22 bits per heavy atom. The summed E-state index contributed by atoms with van der Waals surface area (Å²) in [4.78, 5) is 24.5. The van der Waals surface area contributed by atoms with Crippen LogP contribution >= 0.6 is 27.7 Å². The highest BCUT2D eigenvalue weighted by Gasteiger charge is 2.26. The number of fused-ring (bicyclic) bond motifs is 1. The quantitative estimate of drug-likeness (QED) is 0.199. The zero-order chi connectivity index (χ0) is 22.7. The summed E-state index contributed by atoms with van der Waals surface area (Å²) in [5.41, 5.74) is 9.26. The molecule has 0 atom stereocenters. The maximum absolute atomic E-state index is 13.0. The summed E-state index contributed by atoms with van der Waals surface area (Å²) >= 11 is 4.58. The molecular formula is C22H22Br2N3O4S-. The fourth-order valence-corrected chi connectivity index (χ4v) is 4.25. The second kappa shape index (κ2) is 11.0. The molecule has 7 nitrogen and oxygen atoms in total. The van der Waals surface area contributed by atoms with E-state index >= 15 is 0 Å². The average Bonchev–Trinajstić information content (AvgIpc) is 3.00. The molecule has 0 unspecified atom stereocenters. The summed E-state index contributed by atoms with van der Waals surface area (Å²) in [6, 6.07) is 11.3. The Balaban J connectivity index is 0.00000363. The SMILES string of the molecule is CCOC(=O)c1c(CSC(=N)N)n(-c2ccc(C)cc2)c2cc(Br)c(OC(C)=O)cc12.[Br-]. The predicted octanol–water partition coefficient (Wildman–Crippen LogP) is 1.93. The van der Waals surface area contributed by atoms with Gasteiger partial charge in [0, 0.05) is 29.4 Å². The van der Waals surface area contributed by atoms with Gasteiger partial charge in [0.25, 0.3) is 0 Å². The lowest BCUT2D eigenvalue weighted by atomic mass is 10.1. The largest absolute Gasteiger partial charge is 1.00 e. The van der Waals surface area contributed by atoms with Crippen LogP contribution in [0.1, 0.15) is 35.5 Å². The van der Waals surface area contributed by atoms with E-state index in [1.165, 1.54) is 6.92 Å². The average molecular weight is 584 g/mol. The third kappa shape index (κ3) is 5.54. The lowest BCUT2D eigenvalue weighted by Crippen LogP contribution is -3.00. The summed E-state index contributed by atoms with van der Waals surface area (Å²) in [6.07, 6.45) is 0. The smallest absolute Gasteiger partial charge is 0.340 e. The molecule has 3 aromatic rings. The first kappa shape index (κ1) is 26.0. The molecule has 32 heavy (non-hydrogen) atoms. The van der Waals surface area contributed by atoms with Crippen LogP contribution in [0.15, 0.2) is 40.9 Å². The van der Waals surface area contributed by atoms with Crippen molar-refractivity contribution in [3.8, 4) is 11.4 Å². The number of nitrogens with one attached hydrogen (secondary N) is 1. The number of aryl methyl sites for hydroxylation is 1. The van der Waals surface area contributed by atoms with Crippen molar-refractivity contribution in [3.05, 3.63) is 57.7 Å². The Bertz CT molecular complexity index is 1180. The second-order valence-corrected chi connectivity index (χ2v) is 8.63. The molecule has 0 amide bonds. The minimum absolute atomic E-state index is 0. The van der Waals surface area contributed by atoms with Gasteiger partial charge in [0.2, 0.25) is 0 Å². The number of thioether (sulfide) groups is 1. The molecule has 0 aliphatic heterocycles. The van der Waals surface area contributed by atoms with Crippen LogP contribution in [0.25, 0.3) is 16.6 Å². The normalized spacial score (nSPS) is 10.5. The van der Waals surface area contributed by atoms with Crippen LogP contribution < -0.4 is 27.5 Å². The number of nitrogens with two attached hydrogens (primary N) is 1. The fraction of sp³-hybridized carbons (Fsp3) is 0.227. The number of nitrogens with zero attached hydrogens (tertiary/aromatic N) is 1. The number of carbonyl (C=O) groups excluding carboxylic acids is 2. The van der Waals surface area contributed by atoms with Crippen LogP contribution in [0.4, 0.5) is 0 Å². The molecule has 0 saturated carbocycles. The Kier molecular flexibility index (Phi) is 8.94. The van der Waals surface area contributed by atoms with Gasteiger partial charge in [-0.25, -0.2) is 4.79 Å². The first-order valence-electron chi connectivity index (χ1n) is 9.49. The number of rotatable bonds is 6. The molecule has 3 N–H and O–H groups in total. The molecule has 2 aromatic carbocycles. The number of hydrogen-bond donors (Lipinski definition) is 2. The number of hydrogen-bond acceptors (Lipinski definition) is 6. The van der Waals surface area contributed by atoms with Crippen molar-refractivity contribution in [1.82, 2.24) is 4.57 Å². The van der Waals surface area contributed by atoms with Crippen molar-refractivity contribution in [2.75, 3.05) is 6.61 Å². The molecule has 0 fully saturated rings. The molecule has 170 valence electrons. The van der Waals surface area contributed by atoms with Crippen molar-refractivity contribution < 1.29 is 36.0 Å². The molecule has 0 radical (unpaired) electrons. The number of halogens is 2. The van der Waals surface area contributed by atoms with Crippen molar-refractivity contribution in [1.29, 1.82) is 5.41 Å². The first-order chi connectivity index (χ1) is 14.7. The number of amidine groups is 1. The van der Waals surface area contributed by atoms with Crippen LogP contribution in [0.2, 0.25) is 0 Å². The van der Waals surface area contributed by atoms with Gasteiger partial charge in [-0.2, -0.15) is 0 Å². The van der Waals surface area contributed by atoms with Crippen molar-refractivity contribution in [3.63, 3.8) is 0 Å². The maximum atomic E-state index is 13.0. The van der Waals surface area contributed by atoms with Crippen LogP contribution in [0.3, 0.4) is 0 Å². The van der Waals surface area contributed by atoms with E-state index in [9.17, 15) is 9.59 Å².